The molecule has 9 heteroatoms. The van der Waals surface area contributed by atoms with Gasteiger partial charge < -0.3 is 19.5 Å². The van der Waals surface area contributed by atoms with Crippen LogP contribution >= 0.6 is 11.3 Å². The summed E-state index contributed by atoms with van der Waals surface area (Å²) in [6, 6.07) is 17.0. The second kappa shape index (κ2) is 11.0. The van der Waals surface area contributed by atoms with Gasteiger partial charge in [0.2, 0.25) is 5.88 Å². The normalized spacial score (nSPS) is 10.7. The van der Waals surface area contributed by atoms with Crippen LogP contribution < -0.4 is 14.8 Å². The molecule has 0 unspecified atom stereocenters. The number of rotatable bonds is 9. The highest BCUT2D eigenvalue weighted by molar-refractivity contribution is 7.20. The standard InChI is InChI=1S/C26H24N4O4S/c1-16-22-25(33-3)29-21(15-32-2)30-26(22)35-23(16)24(31)28-20-7-5-4-6-18(20)14-34-19-10-8-17(9-11-19)12-13-27/h4-11H,12,14-15H2,1-3H3,(H,28,31). The molecule has 0 spiro atoms. The number of thiophene rings is 1. The Bertz CT molecular complexity index is 1390. The lowest BCUT2D eigenvalue weighted by Gasteiger charge is -2.12. The zero-order valence-corrected chi connectivity index (χ0v) is 20.4. The fourth-order valence-corrected chi connectivity index (χ4v) is 4.69. The molecule has 178 valence electrons. The van der Waals surface area contributed by atoms with Gasteiger partial charge in [0.1, 0.15) is 23.8 Å². The van der Waals surface area contributed by atoms with Gasteiger partial charge in [-0.15, -0.1) is 11.3 Å². The number of aromatic nitrogens is 2. The van der Waals surface area contributed by atoms with Gasteiger partial charge in [-0.3, -0.25) is 4.79 Å². The first-order valence-electron chi connectivity index (χ1n) is 10.8. The number of nitrogens with one attached hydrogen (secondary N) is 1. The Hall–Kier alpha value is -4.00. The number of amides is 1. The van der Waals surface area contributed by atoms with Crippen LogP contribution in [-0.2, 0) is 24.4 Å². The van der Waals surface area contributed by atoms with Crippen molar-refractivity contribution in [2.24, 2.45) is 0 Å². The fourth-order valence-electron chi connectivity index (χ4n) is 3.61. The van der Waals surface area contributed by atoms with E-state index in [2.05, 4.69) is 21.4 Å². The summed E-state index contributed by atoms with van der Waals surface area (Å²) in [5.41, 5.74) is 3.19. The van der Waals surface area contributed by atoms with Gasteiger partial charge >= 0.3 is 0 Å². The van der Waals surface area contributed by atoms with Crippen molar-refractivity contribution in [2.45, 2.75) is 26.6 Å². The van der Waals surface area contributed by atoms with Gasteiger partial charge in [0, 0.05) is 18.4 Å². The van der Waals surface area contributed by atoms with Crippen molar-refractivity contribution >= 4 is 33.1 Å². The van der Waals surface area contributed by atoms with E-state index in [1.807, 2.05) is 55.5 Å². The van der Waals surface area contributed by atoms with Crippen molar-refractivity contribution in [3.63, 3.8) is 0 Å². The van der Waals surface area contributed by atoms with Gasteiger partial charge in [-0.2, -0.15) is 10.2 Å². The first kappa shape index (κ1) is 24.1. The molecule has 0 aliphatic rings. The van der Waals surface area contributed by atoms with Gasteiger partial charge in [-0.1, -0.05) is 30.3 Å². The van der Waals surface area contributed by atoms with Gasteiger partial charge in [0.15, 0.2) is 5.82 Å². The molecule has 0 saturated heterocycles. The molecule has 1 N–H and O–H groups in total. The highest BCUT2D eigenvalue weighted by Crippen LogP contribution is 2.35. The predicted octanol–water partition coefficient (Wildman–Crippen LogP) is 5.05. The number of hydrogen-bond acceptors (Lipinski definition) is 8. The molecule has 2 aromatic heterocycles. The van der Waals surface area contributed by atoms with Crippen molar-refractivity contribution in [1.82, 2.24) is 9.97 Å². The topological polar surface area (TPSA) is 106 Å². The van der Waals surface area contributed by atoms with Crippen LogP contribution in [0.15, 0.2) is 48.5 Å². The quantitative estimate of drug-likeness (QED) is 0.351. The average Bonchev–Trinajstić information content (AvgIpc) is 3.20. The van der Waals surface area contributed by atoms with Crippen LogP contribution in [-0.4, -0.2) is 30.1 Å². The number of carbonyl (C=O) groups excluding carboxylic acids is 1. The third-order valence-electron chi connectivity index (χ3n) is 5.34. The van der Waals surface area contributed by atoms with Crippen LogP contribution in [0.5, 0.6) is 11.6 Å². The number of aryl methyl sites for hydroxylation is 1. The molecule has 8 nitrogen and oxygen atoms in total. The minimum absolute atomic E-state index is 0.242. The molecule has 0 aliphatic heterocycles. The van der Waals surface area contributed by atoms with Crippen molar-refractivity contribution in [2.75, 3.05) is 19.5 Å². The summed E-state index contributed by atoms with van der Waals surface area (Å²) in [7, 11) is 3.12. The molecule has 0 bridgehead atoms. The van der Waals surface area contributed by atoms with Crippen molar-refractivity contribution in [3.05, 3.63) is 75.9 Å². The molecule has 0 saturated carbocycles. The van der Waals surface area contributed by atoms with Crippen molar-refractivity contribution < 1.29 is 19.0 Å². The van der Waals surface area contributed by atoms with Gasteiger partial charge in [-0.25, -0.2) is 4.98 Å². The van der Waals surface area contributed by atoms with E-state index in [0.29, 0.717) is 39.3 Å². The monoisotopic (exact) mass is 488 g/mol. The lowest BCUT2D eigenvalue weighted by molar-refractivity contribution is 0.103. The summed E-state index contributed by atoms with van der Waals surface area (Å²) in [6.07, 6.45) is 0.359. The smallest absolute Gasteiger partial charge is 0.266 e. The van der Waals surface area contributed by atoms with E-state index in [4.69, 9.17) is 19.5 Å². The summed E-state index contributed by atoms with van der Waals surface area (Å²) in [6.45, 7) is 2.39. The number of ether oxygens (including phenoxy) is 3. The van der Waals surface area contributed by atoms with Crippen LogP contribution in [0.3, 0.4) is 0 Å². The summed E-state index contributed by atoms with van der Waals surface area (Å²) < 4.78 is 16.5. The molecule has 35 heavy (non-hydrogen) atoms. The van der Waals surface area contributed by atoms with Gasteiger partial charge in [0.05, 0.1) is 29.9 Å². The summed E-state index contributed by atoms with van der Waals surface area (Å²) in [5, 5.41) is 12.5. The van der Waals surface area contributed by atoms with E-state index in [-0.39, 0.29) is 19.1 Å². The number of hydrogen-bond donors (Lipinski definition) is 1. The third kappa shape index (κ3) is 5.40. The van der Waals surface area contributed by atoms with E-state index < -0.39 is 0 Å². The van der Waals surface area contributed by atoms with Crippen molar-refractivity contribution in [3.8, 4) is 17.7 Å². The molecule has 4 rings (SSSR count). The molecule has 1 amide bonds. The SMILES string of the molecule is COCc1nc(OC)c2c(C)c(C(=O)Nc3ccccc3COc3ccc(CC#N)cc3)sc2n1. The predicted molar refractivity (Wildman–Crippen MR) is 134 cm³/mol. The van der Waals surface area contributed by atoms with Crippen LogP contribution in [0, 0.1) is 18.3 Å². The maximum absolute atomic E-state index is 13.3. The Kier molecular flexibility index (Phi) is 7.55. The van der Waals surface area contributed by atoms with E-state index in [1.54, 1.807) is 14.2 Å². The Morgan fingerprint density at radius 3 is 2.57 bits per heavy atom. The second-order valence-corrected chi connectivity index (χ2v) is 8.70. The average molecular weight is 489 g/mol. The zero-order valence-electron chi connectivity index (χ0n) is 19.6. The Morgan fingerprint density at radius 2 is 1.86 bits per heavy atom. The highest BCUT2D eigenvalue weighted by Gasteiger charge is 2.22. The highest BCUT2D eigenvalue weighted by atomic mass is 32.1. The van der Waals surface area contributed by atoms with Crippen LogP contribution in [0.1, 0.15) is 32.2 Å². The number of para-hydroxylation sites is 1. The molecule has 0 aliphatic carbocycles. The van der Waals surface area contributed by atoms with Gasteiger partial charge in [0.25, 0.3) is 5.91 Å². The Morgan fingerprint density at radius 1 is 1.09 bits per heavy atom. The van der Waals surface area contributed by atoms with Crippen molar-refractivity contribution in [1.29, 1.82) is 5.26 Å². The largest absolute Gasteiger partial charge is 0.489 e. The number of fused-ring (bicyclic) bond motifs is 1. The van der Waals surface area contributed by atoms with Crippen LogP contribution in [0.2, 0.25) is 0 Å². The maximum Gasteiger partial charge on any atom is 0.266 e. The minimum atomic E-state index is -0.242. The van der Waals surface area contributed by atoms with E-state index in [9.17, 15) is 4.79 Å². The second-order valence-electron chi connectivity index (χ2n) is 7.70. The van der Waals surface area contributed by atoms with Crippen LogP contribution in [0.4, 0.5) is 5.69 Å². The number of benzene rings is 2. The molecular formula is C26H24N4O4S. The molecule has 0 fully saturated rings. The molecule has 4 aromatic rings. The number of methoxy groups -OCH3 is 2. The zero-order chi connectivity index (χ0) is 24.8. The number of anilines is 1. The summed E-state index contributed by atoms with van der Waals surface area (Å²) >= 11 is 1.29. The molecular weight excluding hydrogens is 464 g/mol. The van der Waals surface area contributed by atoms with E-state index >= 15 is 0 Å². The van der Waals surface area contributed by atoms with Crippen LogP contribution in [0.25, 0.3) is 10.2 Å². The number of carbonyl (C=O) groups is 1. The Labute approximate surface area is 207 Å². The lowest BCUT2D eigenvalue weighted by Crippen LogP contribution is -2.13. The first-order valence-corrected chi connectivity index (χ1v) is 11.7. The lowest BCUT2D eigenvalue weighted by atomic mass is 10.1. The number of nitriles is 1. The van der Waals surface area contributed by atoms with E-state index in [1.165, 1.54) is 11.3 Å². The molecule has 0 atom stereocenters. The third-order valence-corrected chi connectivity index (χ3v) is 6.53. The summed E-state index contributed by atoms with van der Waals surface area (Å²) in [5.74, 6) is 1.36. The maximum atomic E-state index is 13.3. The fraction of sp³-hybridized carbons (Fsp3) is 0.231. The molecule has 0 radical (unpaired) electrons. The van der Waals surface area contributed by atoms with E-state index in [0.717, 1.165) is 22.1 Å². The number of nitrogens with zero attached hydrogens (tertiary/aromatic N) is 3. The first-order chi connectivity index (χ1) is 17.0. The molecule has 2 heterocycles. The summed E-state index contributed by atoms with van der Waals surface area (Å²) in [4.78, 5) is 23.4. The van der Waals surface area contributed by atoms with Gasteiger partial charge in [-0.05, 0) is 36.2 Å². The Balaban J connectivity index is 1.54. The molecule has 2 aromatic carbocycles. The minimum Gasteiger partial charge on any atom is -0.489 e.